The van der Waals surface area contributed by atoms with Crippen LogP contribution < -0.4 is 5.32 Å². The Morgan fingerprint density at radius 3 is 2.92 bits per heavy atom. The second-order valence-electron chi connectivity index (χ2n) is 2.90. The van der Waals surface area contributed by atoms with Gasteiger partial charge in [-0.25, -0.2) is 0 Å². The SMILES string of the molecule is COC#CC1CC[C@H](COC)N1. The number of nitrogens with one attached hydrogen (secondary N) is 1. The van der Waals surface area contributed by atoms with Crippen LogP contribution in [0.5, 0.6) is 0 Å². The second kappa shape index (κ2) is 5.02. The van der Waals surface area contributed by atoms with Crippen molar-refractivity contribution >= 4 is 0 Å². The molecule has 0 radical (unpaired) electrons. The first-order chi connectivity index (χ1) is 5.86. The molecule has 1 heterocycles. The first-order valence-electron chi connectivity index (χ1n) is 4.15. The van der Waals surface area contributed by atoms with Crippen LogP contribution in [0.1, 0.15) is 12.8 Å². The summed E-state index contributed by atoms with van der Waals surface area (Å²) in [5.74, 6) is 2.98. The topological polar surface area (TPSA) is 30.5 Å². The van der Waals surface area contributed by atoms with Gasteiger partial charge in [0, 0.05) is 13.2 Å². The van der Waals surface area contributed by atoms with E-state index in [1.54, 1.807) is 14.2 Å². The second-order valence-corrected chi connectivity index (χ2v) is 2.90. The number of ether oxygens (including phenoxy) is 2. The molecule has 0 aliphatic carbocycles. The van der Waals surface area contributed by atoms with E-state index in [1.807, 2.05) is 0 Å². The van der Waals surface area contributed by atoms with Gasteiger partial charge < -0.3 is 9.47 Å². The van der Waals surface area contributed by atoms with Crippen molar-refractivity contribution in [3.8, 4) is 12.0 Å². The third-order valence-corrected chi connectivity index (χ3v) is 1.94. The van der Waals surface area contributed by atoms with E-state index in [2.05, 4.69) is 22.1 Å². The predicted octanol–water partition coefficient (Wildman–Crippen LogP) is 0.361. The summed E-state index contributed by atoms with van der Waals surface area (Å²) in [5, 5.41) is 3.35. The molecule has 0 bridgehead atoms. The molecule has 12 heavy (non-hydrogen) atoms. The minimum absolute atomic E-state index is 0.282. The summed E-state index contributed by atoms with van der Waals surface area (Å²) in [5.41, 5.74) is 0. The number of hydrogen-bond donors (Lipinski definition) is 1. The zero-order valence-corrected chi connectivity index (χ0v) is 7.59. The van der Waals surface area contributed by atoms with E-state index in [-0.39, 0.29) is 6.04 Å². The molecule has 1 N–H and O–H groups in total. The molecule has 1 fully saturated rings. The summed E-state index contributed by atoms with van der Waals surface area (Å²) < 4.78 is 9.70. The molecule has 0 aromatic carbocycles. The summed E-state index contributed by atoms with van der Waals surface area (Å²) in [6.07, 6.45) is 4.82. The highest BCUT2D eigenvalue weighted by Gasteiger charge is 2.21. The summed E-state index contributed by atoms with van der Waals surface area (Å²) in [6, 6.07) is 0.747. The molecule has 3 nitrogen and oxygen atoms in total. The predicted molar refractivity (Wildman–Crippen MR) is 46.6 cm³/mol. The fourth-order valence-electron chi connectivity index (χ4n) is 1.40. The lowest BCUT2D eigenvalue weighted by atomic mass is 10.2. The van der Waals surface area contributed by atoms with Gasteiger partial charge in [0.25, 0.3) is 0 Å². The molecule has 3 heteroatoms. The lowest BCUT2D eigenvalue weighted by Crippen LogP contribution is -2.31. The van der Waals surface area contributed by atoms with Crippen molar-refractivity contribution in [1.29, 1.82) is 0 Å². The standard InChI is InChI=1S/C9H15NO2/c1-11-6-5-8-3-4-9(10-8)7-12-2/h8-10H,3-4,7H2,1-2H3/t8?,9-/m1/s1. The molecule has 0 aromatic heterocycles. The van der Waals surface area contributed by atoms with Crippen LogP contribution in [0.2, 0.25) is 0 Å². The van der Waals surface area contributed by atoms with Crippen molar-refractivity contribution in [2.75, 3.05) is 20.8 Å². The first kappa shape index (κ1) is 9.37. The molecule has 1 aliphatic rings. The Morgan fingerprint density at radius 2 is 2.25 bits per heavy atom. The molecule has 1 aliphatic heterocycles. The summed E-state index contributed by atoms with van der Waals surface area (Å²) in [6.45, 7) is 0.769. The smallest absolute Gasteiger partial charge is 0.111 e. The van der Waals surface area contributed by atoms with Gasteiger partial charge in [-0.2, -0.15) is 0 Å². The first-order valence-corrected chi connectivity index (χ1v) is 4.15. The third kappa shape index (κ3) is 2.72. The van der Waals surface area contributed by atoms with Gasteiger partial charge in [-0.1, -0.05) is 0 Å². The van der Waals surface area contributed by atoms with E-state index in [9.17, 15) is 0 Å². The monoisotopic (exact) mass is 169 g/mol. The summed E-state index contributed by atoms with van der Waals surface area (Å²) in [7, 11) is 3.30. The minimum atomic E-state index is 0.282. The van der Waals surface area contributed by atoms with Crippen molar-refractivity contribution < 1.29 is 9.47 Å². The molecule has 0 spiro atoms. The Kier molecular flexibility index (Phi) is 3.92. The van der Waals surface area contributed by atoms with Gasteiger partial charge in [0.2, 0.25) is 0 Å². The van der Waals surface area contributed by atoms with Gasteiger partial charge in [-0.05, 0) is 18.8 Å². The van der Waals surface area contributed by atoms with Gasteiger partial charge in [-0.3, -0.25) is 5.32 Å². The zero-order chi connectivity index (χ0) is 8.81. The van der Waals surface area contributed by atoms with Crippen LogP contribution in [0.4, 0.5) is 0 Å². The maximum atomic E-state index is 5.04. The third-order valence-electron chi connectivity index (χ3n) is 1.94. The van der Waals surface area contributed by atoms with E-state index in [4.69, 9.17) is 4.74 Å². The number of rotatable bonds is 2. The van der Waals surface area contributed by atoms with Gasteiger partial charge in [0.1, 0.15) is 6.11 Å². The fourth-order valence-corrected chi connectivity index (χ4v) is 1.40. The van der Waals surface area contributed by atoms with Crippen molar-refractivity contribution in [2.24, 2.45) is 0 Å². The minimum Gasteiger partial charge on any atom is -0.450 e. The van der Waals surface area contributed by atoms with Crippen molar-refractivity contribution in [3.05, 3.63) is 0 Å². The van der Waals surface area contributed by atoms with Crippen LogP contribution in [-0.4, -0.2) is 32.9 Å². The van der Waals surface area contributed by atoms with Gasteiger partial charge in [0.05, 0.1) is 19.8 Å². The maximum absolute atomic E-state index is 5.04. The Bertz CT molecular complexity index is 183. The molecule has 0 amide bonds. The van der Waals surface area contributed by atoms with E-state index in [1.165, 1.54) is 0 Å². The van der Waals surface area contributed by atoms with Crippen molar-refractivity contribution in [2.45, 2.75) is 24.9 Å². The molecular formula is C9H15NO2. The van der Waals surface area contributed by atoms with E-state index < -0.39 is 0 Å². The zero-order valence-electron chi connectivity index (χ0n) is 7.59. The van der Waals surface area contributed by atoms with Crippen molar-refractivity contribution in [3.63, 3.8) is 0 Å². The Hall–Kier alpha value is -0.720. The molecule has 1 rings (SSSR count). The Morgan fingerprint density at radius 1 is 1.42 bits per heavy atom. The highest BCUT2D eigenvalue weighted by Crippen LogP contribution is 2.11. The molecule has 0 aromatic rings. The van der Waals surface area contributed by atoms with Crippen LogP contribution in [0.25, 0.3) is 0 Å². The Labute approximate surface area is 73.4 Å². The molecule has 1 saturated heterocycles. The van der Waals surface area contributed by atoms with Crippen LogP contribution in [0, 0.1) is 12.0 Å². The van der Waals surface area contributed by atoms with E-state index in [0.717, 1.165) is 19.4 Å². The average molecular weight is 169 g/mol. The van der Waals surface area contributed by atoms with Crippen LogP contribution in [0.15, 0.2) is 0 Å². The molecule has 68 valence electrons. The summed E-state index contributed by atoms with van der Waals surface area (Å²) >= 11 is 0. The lowest BCUT2D eigenvalue weighted by molar-refractivity contribution is 0.172. The highest BCUT2D eigenvalue weighted by atomic mass is 16.5. The molecule has 2 atom stereocenters. The maximum Gasteiger partial charge on any atom is 0.111 e. The average Bonchev–Trinajstić information content (AvgIpc) is 2.50. The van der Waals surface area contributed by atoms with E-state index >= 15 is 0 Å². The van der Waals surface area contributed by atoms with Gasteiger partial charge in [-0.15, -0.1) is 0 Å². The van der Waals surface area contributed by atoms with Crippen LogP contribution in [0.3, 0.4) is 0 Å². The normalized spacial score (nSPS) is 27.8. The molecule has 1 unspecified atom stereocenters. The summed E-state index contributed by atoms with van der Waals surface area (Å²) in [4.78, 5) is 0. The van der Waals surface area contributed by atoms with Gasteiger partial charge >= 0.3 is 0 Å². The van der Waals surface area contributed by atoms with Crippen LogP contribution in [-0.2, 0) is 9.47 Å². The molecule has 0 saturated carbocycles. The van der Waals surface area contributed by atoms with E-state index in [0.29, 0.717) is 6.04 Å². The van der Waals surface area contributed by atoms with Crippen LogP contribution >= 0.6 is 0 Å². The quantitative estimate of drug-likeness (QED) is 0.605. The highest BCUT2D eigenvalue weighted by molar-refractivity contribution is 5.07. The number of hydrogen-bond acceptors (Lipinski definition) is 3. The number of methoxy groups -OCH3 is 2. The largest absolute Gasteiger partial charge is 0.450 e. The van der Waals surface area contributed by atoms with Crippen molar-refractivity contribution in [1.82, 2.24) is 5.32 Å². The lowest BCUT2D eigenvalue weighted by Gasteiger charge is -2.08. The molecular weight excluding hydrogens is 154 g/mol. The Balaban J connectivity index is 2.25. The fraction of sp³-hybridized carbons (Fsp3) is 0.778. The van der Waals surface area contributed by atoms with Gasteiger partial charge in [0.15, 0.2) is 0 Å².